The third-order valence-corrected chi connectivity index (χ3v) is 2.42. The van der Waals surface area contributed by atoms with E-state index in [-0.39, 0.29) is 5.82 Å². The SMILES string of the molecule is CSc1cc2o[c]cc2cc1F. The summed E-state index contributed by atoms with van der Waals surface area (Å²) in [7, 11) is 0. The number of hydrogen-bond acceptors (Lipinski definition) is 2. The first-order valence-electron chi connectivity index (χ1n) is 3.44. The third-order valence-electron chi connectivity index (χ3n) is 1.67. The largest absolute Gasteiger partial charge is 0.453 e. The molecule has 3 heteroatoms. The average molecular weight is 181 g/mol. The van der Waals surface area contributed by atoms with Crippen LogP contribution < -0.4 is 0 Å². The zero-order valence-electron chi connectivity index (χ0n) is 6.43. The predicted molar refractivity (Wildman–Crippen MR) is 46.8 cm³/mol. The van der Waals surface area contributed by atoms with E-state index in [1.807, 2.05) is 6.26 Å². The van der Waals surface area contributed by atoms with E-state index < -0.39 is 0 Å². The Bertz CT molecular complexity index is 408. The first kappa shape index (κ1) is 7.68. The van der Waals surface area contributed by atoms with Crippen molar-refractivity contribution in [1.82, 2.24) is 0 Å². The van der Waals surface area contributed by atoms with Gasteiger partial charge in [-0.2, -0.15) is 0 Å². The van der Waals surface area contributed by atoms with Crippen molar-refractivity contribution < 1.29 is 8.81 Å². The van der Waals surface area contributed by atoms with E-state index in [0.29, 0.717) is 10.5 Å². The van der Waals surface area contributed by atoms with Crippen LogP contribution in [0.25, 0.3) is 11.0 Å². The number of fused-ring (bicyclic) bond motifs is 1. The second-order valence-electron chi connectivity index (χ2n) is 2.39. The fourth-order valence-corrected chi connectivity index (χ4v) is 1.54. The molecule has 1 nitrogen and oxygen atoms in total. The van der Waals surface area contributed by atoms with Crippen molar-refractivity contribution in [1.29, 1.82) is 0 Å². The maximum atomic E-state index is 13.1. The minimum absolute atomic E-state index is 0.204. The van der Waals surface area contributed by atoms with Gasteiger partial charge in [0.25, 0.3) is 0 Å². The minimum Gasteiger partial charge on any atom is -0.453 e. The van der Waals surface area contributed by atoms with Crippen molar-refractivity contribution in [3.8, 4) is 0 Å². The Morgan fingerprint density at radius 2 is 2.33 bits per heavy atom. The molecule has 2 rings (SSSR count). The lowest BCUT2D eigenvalue weighted by molar-refractivity contribution is 0.590. The lowest BCUT2D eigenvalue weighted by Gasteiger charge is -1.97. The first-order valence-corrected chi connectivity index (χ1v) is 4.67. The van der Waals surface area contributed by atoms with Gasteiger partial charge in [0.1, 0.15) is 11.4 Å². The summed E-state index contributed by atoms with van der Waals surface area (Å²) in [5, 5.41) is 0.755. The molecule has 0 aliphatic rings. The third kappa shape index (κ3) is 1.10. The number of thioether (sulfide) groups is 1. The van der Waals surface area contributed by atoms with Crippen molar-refractivity contribution in [3.63, 3.8) is 0 Å². The van der Waals surface area contributed by atoms with Crippen LogP contribution in [0.15, 0.2) is 27.5 Å². The Labute approximate surface area is 73.6 Å². The van der Waals surface area contributed by atoms with Gasteiger partial charge in [-0.1, -0.05) is 0 Å². The molecule has 0 bridgehead atoms. The minimum atomic E-state index is -0.204. The highest BCUT2D eigenvalue weighted by Crippen LogP contribution is 2.25. The second-order valence-corrected chi connectivity index (χ2v) is 3.24. The molecule has 0 saturated carbocycles. The molecule has 1 radical (unpaired) electrons. The van der Waals surface area contributed by atoms with Crippen molar-refractivity contribution in [3.05, 3.63) is 30.3 Å². The summed E-state index contributed by atoms with van der Waals surface area (Å²) in [4.78, 5) is 0.603. The molecule has 2 aromatic rings. The van der Waals surface area contributed by atoms with E-state index in [0.717, 1.165) is 5.39 Å². The van der Waals surface area contributed by atoms with Crippen molar-refractivity contribution in [2.45, 2.75) is 4.90 Å². The molecule has 61 valence electrons. The monoisotopic (exact) mass is 181 g/mol. The Balaban J connectivity index is 2.73. The van der Waals surface area contributed by atoms with Gasteiger partial charge in [0.15, 0.2) is 6.26 Å². The van der Waals surface area contributed by atoms with Gasteiger partial charge >= 0.3 is 0 Å². The van der Waals surface area contributed by atoms with E-state index in [2.05, 4.69) is 6.26 Å². The highest BCUT2D eigenvalue weighted by molar-refractivity contribution is 7.98. The second kappa shape index (κ2) is 2.83. The number of halogens is 1. The van der Waals surface area contributed by atoms with Crippen LogP contribution >= 0.6 is 11.8 Å². The van der Waals surface area contributed by atoms with Gasteiger partial charge in [0.2, 0.25) is 0 Å². The van der Waals surface area contributed by atoms with Crippen molar-refractivity contribution in [2.24, 2.45) is 0 Å². The first-order chi connectivity index (χ1) is 5.81. The lowest BCUT2D eigenvalue weighted by atomic mass is 10.2. The molecule has 0 amide bonds. The summed E-state index contributed by atoms with van der Waals surface area (Å²) in [6, 6.07) is 4.77. The number of furan rings is 1. The molecule has 0 aliphatic carbocycles. The van der Waals surface area contributed by atoms with Gasteiger partial charge in [0.05, 0.1) is 0 Å². The van der Waals surface area contributed by atoms with E-state index in [1.54, 1.807) is 12.1 Å². The van der Waals surface area contributed by atoms with Crippen LogP contribution in [0.1, 0.15) is 0 Å². The van der Waals surface area contributed by atoms with E-state index in [9.17, 15) is 4.39 Å². The summed E-state index contributed by atoms with van der Waals surface area (Å²) in [6.45, 7) is 0. The smallest absolute Gasteiger partial charge is 0.170 e. The molecular weight excluding hydrogens is 175 g/mol. The average Bonchev–Trinajstić information content (AvgIpc) is 2.49. The molecular formula is C9H6FOS. The number of hydrogen-bond donors (Lipinski definition) is 0. The van der Waals surface area contributed by atoms with Crippen molar-refractivity contribution >= 4 is 22.7 Å². The molecule has 12 heavy (non-hydrogen) atoms. The Morgan fingerprint density at radius 3 is 3.08 bits per heavy atom. The topological polar surface area (TPSA) is 13.1 Å². The normalized spacial score (nSPS) is 10.8. The van der Waals surface area contributed by atoms with E-state index in [1.165, 1.54) is 17.8 Å². The molecule has 0 unspecified atom stereocenters. The van der Waals surface area contributed by atoms with Gasteiger partial charge in [-0.15, -0.1) is 11.8 Å². The highest BCUT2D eigenvalue weighted by Gasteiger charge is 2.04. The zero-order valence-corrected chi connectivity index (χ0v) is 7.24. The number of rotatable bonds is 1. The van der Waals surface area contributed by atoms with Crippen LogP contribution in [-0.4, -0.2) is 6.26 Å². The number of benzene rings is 1. The molecule has 0 saturated heterocycles. The quantitative estimate of drug-likeness (QED) is 0.627. The van der Waals surface area contributed by atoms with Gasteiger partial charge in [0, 0.05) is 10.3 Å². The van der Waals surface area contributed by atoms with E-state index >= 15 is 0 Å². The molecule has 0 N–H and O–H groups in total. The van der Waals surface area contributed by atoms with Crippen LogP contribution in [0.2, 0.25) is 0 Å². The molecule has 0 aliphatic heterocycles. The fraction of sp³-hybridized carbons (Fsp3) is 0.111. The summed E-state index contributed by atoms with van der Waals surface area (Å²) < 4.78 is 18.1. The summed E-state index contributed by atoms with van der Waals surface area (Å²) in [6.07, 6.45) is 4.40. The molecule has 1 heterocycles. The summed E-state index contributed by atoms with van der Waals surface area (Å²) in [5.74, 6) is -0.204. The fourth-order valence-electron chi connectivity index (χ4n) is 1.06. The Kier molecular flexibility index (Phi) is 1.81. The van der Waals surface area contributed by atoms with Crippen LogP contribution in [0.4, 0.5) is 4.39 Å². The van der Waals surface area contributed by atoms with Crippen LogP contribution in [-0.2, 0) is 0 Å². The van der Waals surface area contributed by atoms with Crippen LogP contribution in [0.5, 0.6) is 0 Å². The van der Waals surface area contributed by atoms with Gasteiger partial charge in [-0.3, -0.25) is 0 Å². The van der Waals surface area contributed by atoms with E-state index in [4.69, 9.17) is 4.42 Å². The molecule has 0 spiro atoms. The molecule has 1 aromatic heterocycles. The lowest BCUT2D eigenvalue weighted by Crippen LogP contribution is -1.78. The van der Waals surface area contributed by atoms with Gasteiger partial charge < -0.3 is 4.42 Å². The van der Waals surface area contributed by atoms with Crippen LogP contribution in [0.3, 0.4) is 0 Å². The predicted octanol–water partition coefficient (Wildman–Crippen LogP) is 3.09. The summed E-state index contributed by atoms with van der Waals surface area (Å²) in [5.41, 5.74) is 0.681. The Hall–Kier alpha value is -0.960. The molecule has 0 fully saturated rings. The molecule has 0 atom stereocenters. The maximum absolute atomic E-state index is 13.1. The standard InChI is InChI=1S/C9H6FOS/c1-12-9-5-8-6(2-3-11-8)4-7(9)10/h2,4-5H,1H3. The summed E-state index contributed by atoms with van der Waals surface area (Å²) >= 11 is 1.36. The highest BCUT2D eigenvalue weighted by atomic mass is 32.2. The zero-order chi connectivity index (χ0) is 8.55. The maximum Gasteiger partial charge on any atom is 0.170 e. The van der Waals surface area contributed by atoms with Gasteiger partial charge in [-0.25, -0.2) is 4.39 Å². The van der Waals surface area contributed by atoms with Crippen LogP contribution in [0, 0.1) is 12.1 Å². The van der Waals surface area contributed by atoms with Gasteiger partial charge in [-0.05, 0) is 24.5 Å². The molecule has 1 aromatic carbocycles. The van der Waals surface area contributed by atoms with Crippen molar-refractivity contribution in [2.75, 3.05) is 6.26 Å². The Morgan fingerprint density at radius 1 is 1.50 bits per heavy atom.